The SMILES string of the molecule is Cc1c(N2C(=O)[C@H](C)S[C@H]2c2cccc(Cl)c2Cl)c(=O)n(-c2ccccc2)n1C. The first-order valence-electron chi connectivity index (χ1n) is 9.09. The summed E-state index contributed by atoms with van der Waals surface area (Å²) in [6.45, 7) is 3.68. The van der Waals surface area contributed by atoms with Gasteiger partial charge in [0.25, 0.3) is 5.56 Å². The molecular formula is C21H19Cl2N3O2S. The molecule has 0 aliphatic carbocycles. The predicted molar refractivity (Wildman–Crippen MR) is 119 cm³/mol. The highest BCUT2D eigenvalue weighted by atomic mass is 35.5. The third-order valence-corrected chi connectivity index (χ3v) is 7.33. The number of halogens is 2. The zero-order chi connectivity index (χ0) is 20.9. The Balaban J connectivity index is 1.92. The lowest BCUT2D eigenvalue weighted by Gasteiger charge is -2.24. The predicted octanol–water partition coefficient (Wildman–Crippen LogP) is 4.96. The van der Waals surface area contributed by atoms with Crippen LogP contribution in [0.1, 0.15) is 23.6 Å². The Hall–Kier alpha value is -2.15. The molecule has 3 aromatic rings. The third kappa shape index (κ3) is 3.19. The summed E-state index contributed by atoms with van der Waals surface area (Å²) in [4.78, 5) is 28.2. The fourth-order valence-corrected chi connectivity index (χ4v) is 5.37. The number of anilines is 1. The molecule has 1 aliphatic rings. The van der Waals surface area contributed by atoms with Crippen LogP contribution in [0.4, 0.5) is 5.69 Å². The average molecular weight is 448 g/mol. The number of nitrogens with zero attached hydrogens (tertiary/aromatic N) is 3. The fourth-order valence-electron chi connectivity index (χ4n) is 3.61. The average Bonchev–Trinajstić information content (AvgIpc) is 3.11. The monoisotopic (exact) mass is 447 g/mol. The highest BCUT2D eigenvalue weighted by molar-refractivity contribution is 8.01. The summed E-state index contributed by atoms with van der Waals surface area (Å²) < 4.78 is 3.34. The Labute approximate surface area is 182 Å². The van der Waals surface area contributed by atoms with Gasteiger partial charge in [-0.25, -0.2) is 4.68 Å². The molecule has 0 saturated carbocycles. The second-order valence-electron chi connectivity index (χ2n) is 6.89. The molecule has 0 radical (unpaired) electrons. The van der Waals surface area contributed by atoms with Gasteiger partial charge in [0.15, 0.2) is 0 Å². The molecule has 2 aromatic carbocycles. The van der Waals surface area contributed by atoms with Gasteiger partial charge in [0.05, 0.1) is 26.7 Å². The summed E-state index contributed by atoms with van der Waals surface area (Å²) in [7, 11) is 1.81. The standard InChI is InChI=1S/C21H19Cl2N3O2S/c1-12-18(20(28)26(24(12)3)14-8-5-4-6-9-14)25-19(27)13(2)29-21(25)15-10-7-11-16(22)17(15)23/h4-11,13,21H,1-3H3/t13-,21-/m0/s1. The van der Waals surface area contributed by atoms with Gasteiger partial charge in [-0.2, -0.15) is 0 Å². The maximum absolute atomic E-state index is 13.5. The highest BCUT2D eigenvalue weighted by Gasteiger charge is 2.43. The molecule has 0 unspecified atom stereocenters. The maximum Gasteiger partial charge on any atom is 0.295 e. The van der Waals surface area contributed by atoms with Crippen LogP contribution in [0.5, 0.6) is 0 Å². The van der Waals surface area contributed by atoms with E-state index in [1.165, 1.54) is 11.8 Å². The van der Waals surface area contributed by atoms with E-state index in [1.807, 2.05) is 57.3 Å². The molecule has 0 spiro atoms. The number of rotatable bonds is 3. The number of para-hydroxylation sites is 1. The number of hydrogen-bond donors (Lipinski definition) is 0. The van der Waals surface area contributed by atoms with E-state index >= 15 is 0 Å². The number of amides is 1. The molecule has 0 N–H and O–H groups in total. The summed E-state index contributed by atoms with van der Waals surface area (Å²) in [5.41, 5.74) is 2.27. The van der Waals surface area contributed by atoms with Gasteiger partial charge in [-0.15, -0.1) is 11.8 Å². The number of carbonyl (C=O) groups excluding carboxylic acids is 1. The van der Waals surface area contributed by atoms with Crippen molar-refractivity contribution in [3.8, 4) is 5.69 Å². The molecule has 2 atom stereocenters. The van der Waals surface area contributed by atoms with Crippen LogP contribution >= 0.6 is 35.0 Å². The molecule has 150 valence electrons. The molecule has 1 aromatic heterocycles. The molecular weight excluding hydrogens is 429 g/mol. The molecule has 4 rings (SSSR count). The highest BCUT2D eigenvalue weighted by Crippen LogP contribution is 2.48. The molecule has 1 aliphatic heterocycles. The number of benzene rings is 2. The van der Waals surface area contributed by atoms with Crippen molar-refractivity contribution in [1.82, 2.24) is 9.36 Å². The van der Waals surface area contributed by atoms with Crippen LogP contribution in [0.3, 0.4) is 0 Å². The van der Waals surface area contributed by atoms with Crippen molar-refractivity contribution in [2.75, 3.05) is 4.90 Å². The summed E-state index contributed by atoms with van der Waals surface area (Å²) in [6.07, 6.45) is 0. The molecule has 5 nitrogen and oxygen atoms in total. The molecule has 29 heavy (non-hydrogen) atoms. The smallest absolute Gasteiger partial charge is 0.288 e. The number of thioether (sulfide) groups is 1. The lowest BCUT2D eigenvalue weighted by atomic mass is 10.2. The topological polar surface area (TPSA) is 47.2 Å². The van der Waals surface area contributed by atoms with Crippen molar-refractivity contribution < 1.29 is 4.79 Å². The first-order valence-corrected chi connectivity index (χ1v) is 10.8. The van der Waals surface area contributed by atoms with Gasteiger partial charge in [0, 0.05) is 12.6 Å². The number of carbonyl (C=O) groups is 1. The van der Waals surface area contributed by atoms with E-state index < -0.39 is 5.37 Å². The summed E-state index contributed by atoms with van der Waals surface area (Å²) in [6, 6.07) is 14.7. The second kappa shape index (κ2) is 7.59. The van der Waals surface area contributed by atoms with Gasteiger partial charge in [-0.05, 0) is 32.0 Å². The fraction of sp³-hybridized carbons (Fsp3) is 0.238. The van der Waals surface area contributed by atoms with Crippen LogP contribution in [-0.4, -0.2) is 20.5 Å². The summed E-state index contributed by atoms with van der Waals surface area (Å²) in [5, 5.41) is 0.0830. The summed E-state index contributed by atoms with van der Waals surface area (Å²) >= 11 is 14.1. The van der Waals surface area contributed by atoms with Crippen molar-refractivity contribution in [2.45, 2.75) is 24.5 Å². The first kappa shape index (κ1) is 20.1. The molecule has 2 heterocycles. The van der Waals surface area contributed by atoms with Crippen LogP contribution in [-0.2, 0) is 11.8 Å². The zero-order valence-electron chi connectivity index (χ0n) is 16.1. The Morgan fingerprint density at radius 2 is 1.69 bits per heavy atom. The molecule has 1 amide bonds. The van der Waals surface area contributed by atoms with E-state index in [4.69, 9.17) is 23.2 Å². The first-order chi connectivity index (χ1) is 13.8. The van der Waals surface area contributed by atoms with Gasteiger partial charge in [-0.1, -0.05) is 53.5 Å². The van der Waals surface area contributed by atoms with E-state index in [1.54, 1.807) is 26.4 Å². The Bertz CT molecular complexity index is 1160. The minimum absolute atomic E-state index is 0.123. The van der Waals surface area contributed by atoms with E-state index in [-0.39, 0.29) is 16.7 Å². The minimum atomic E-state index is -0.429. The number of aromatic nitrogens is 2. The quantitative estimate of drug-likeness (QED) is 0.569. The zero-order valence-corrected chi connectivity index (χ0v) is 18.4. The number of hydrogen-bond acceptors (Lipinski definition) is 3. The molecule has 1 fully saturated rings. The Morgan fingerprint density at radius 1 is 1.00 bits per heavy atom. The lowest BCUT2D eigenvalue weighted by molar-refractivity contribution is -0.117. The maximum atomic E-state index is 13.5. The van der Waals surface area contributed by atoms with Gasteiger partial charge >= 0.3 is 0 Å². The van der Waals surface area contributed by atoms with E-state index in [9.17, 15) is 9.59 Å². The van der Waals surface area contributed by atoms with Crippen LogP contribution in [0.2, 0.25) is 10.0 Å². The van der Waals surface area contributed by atoms with E-state index in [2.05, 4.69) is 0 Å². The Morgan fingerprint density at radius 3 is 2.38 bits per heavy atom. The van der Waals surface area contributed by atoms with Gasteiger partial charge in [-0.3, -0.25) is 19.2 Å². The van der Waals surface area contributed by atoms with Crippen LogP contribution in [0.25, 0.3) is 5.69 Å². The minimum Gasteiger partial charge on any atom is -0.288 e. The van der Waals surface area contributed by atoms with Crippen molar-refractivity contribution in [3.63, 3.8) is 0 Å². The van der Waals surface area contributed by atoms with E-state index in [0.29, 0.717) is 21.4 Å². The second-order valence-corrected chi connectivity index (χ2v) is 9.10. The Kier molecular flexibility index (Phi) is 5.27. The lowest BCUT2D eigenvalue weighted by Crippen LogP contribution is -2.34. The van der Waals surface area contributed by atoms with Crippen molar-refractivity contribution in [3.05, 3.63) is 80.2 Å². The summed E-state index contributed by atoms with van der Waals surface area (Å²) in [5.74, 6) is -0.123. The van der Waals surface area contributed by atoms with Crippen molar-refractivity contribution in [2.24, 2.45) is 7.05 Å². The van der Waals surface area contributed by atoms with Gasteiger partial charge < -0.3 is 0 Å². The molecule has 8 heteroatoms. The third-order valence-electron chi connectivity index (χ3n) is 5.16. The van der Waals surface area contributed by atoms with Gasteiger partial charge in [0.1, 0.15) is 11.1 Å². The van der Waals surface area contributed by atoms with E-state index in [0.717, 1.165) is 11.3 Å². The van der Waals surface area contributed by atoms with Crippen molar-refractivity contribution in [1.29, 1.82) is 0 Å². The van der Waals surface area contributed by atoms with Crippen LogP contribution in [0, 0.1) is 6.92 Å². The van der Waals surface area contributed by atoms with Crippen molar-refractivity contribution >= 4 is 46.6 Å². The molecule has 1 saturated heterocycles. The van der Waals surface area contributed by atoms with Crippen LogP contribution < -0.4 is 10.5 Å². The normalized spacial score (nSPS) is 19.2. The van der Waals surface area contributed by atoms with Gasteiger partial charge in [0.2, 0.25) is 5.91 Å². The van der Waals surface area contributed by atoms with Crippen LogP contribution in [0.15, 0.2) is 53.3 Å². The molecule has 0 bridgehead atoms. The largest absolute Gasteiger partial charge is 0.295 e.